The van der Waals surface area contributed by atoms with Crippen LogP contribution in [0, 0.1) is 6.92 Å². The normalized spacial score (nSPS) is 16.6. The second kappa shape index (κ2) is 13.8. The van der Waals surface area contributed by atoms with E-state index in [1.807, 2.05) is 61.5 Å². The van der Waals surface area contributed by atoms with Gasteiger partial charge in [-0.05, 0) is 72.1 Å². The fourth-order valence-electron chi connectivity index (χ4n) is 5.08. The lowest BCUT2D eigenvalue weighted by Crippen LogP contribution is -2.36. The van der Waals surface area contributed by atoms with Crippen molar-refractivity contribution in [1.82, 2.24) is 0 Å². The molecule has 2 N–H and O–H groups in total. The van der Waals surface area contributed by atoms with Crippen LogP contribution in [-0.2, 0) is 32.6 Å². The Balaban J connectivity index is 1.24. The summed E-state index contributed by atoms with van der Waals surface area (Å²) in [5.41, 5.74) is 4.53. The molecule has 0 bridgehead atoms. The number of aliphatic hydroxyl groups is 1. The van der Waals surface area contributed by atoms with E-state index < -0.39 is 28.2 Å². The van der Waals surface area contributed by atoms with E-state index in [4.69, 9.17) is 14.2 Å². The Morgan fingerprint density at radius 1 is 0.864 bits per heavy atom. The van der Waals surface area contributed by atoms with Gasteiger partial charge in [-0.2, -0.15) is 0 Å². The second-order valence-electron chi connectivity index (χ2n) is 10.9. The Hall–Kier alpha value is -4.54. The Morgan fingerprint density at radius 3 is 2.11 bits per heavy atom. The lowest BCUT2D eigenvalue weighted by molar-refractivity contribution is -0.162. The fraction of sp³-hybridized carbons (Fsp3) is 0.265. The van der Waals surface area contributed by atoms with E-state index >= 15 is 0 Å². The minimum Gasteiger partial charge on any atom is -0.490 e. The van der Waals surface area contributed by atoms with E-state index in [2.05, 4.69) is 21.8 Å². The van der Waals surface area contributed by atoms with Gasteiger partial charge in [0.15, 0.2) is 0 Å². The molecule has 2 atom stereocenters. The number of carbonyl (C=O) groups is 1. The van der Waals surface area contributed by atoms with Crippen molar-refractivity contribution in [2.75, 3.05) is 22.5 Å². The summed E-state index contributed by atoms with van der Waals surface area (Å²) in [6.45, 7) is 3.32. The van der Waals surface area contributed by atoms with Gasteiger partial charge in [0.25, 0.3) is 0 Å². The van der Waals surface area contributed by atoms with Crippen molar-refractivity contribution in [1.29, 1.82) is 0 Å². The smallest absolute Gasteiger partial charge is 0.308 e. The summed E-state index contributed by atoms with van der Waals surface area (Å²) in [4.78, 5) is 13.7. The summed E-state index contributed by atoms with van der Waals surface area (Å²) in [6.07, 6.45) is 0.365. The molecule has 10 heteroatoms. The van der Waals surface area contributed by atoms with Gasteiger partial charge in [0.1, 0.15) is 30.0 Å². The number of cyclic esters (lactones) is 1. The molecule has 1 heterocycles. The zero-order chi connectivity index (χ0) is 31.1. The van der Waals surface area contributed by atoms with E-state index in [9.17, 15) is 18.3 Å². The average Bonchev–Trinajstić information content (AvgIpc) is 2.98. The van der Waals surface area contributed by atoms with E-state index in [0.29, 0.717) is 42.4 Å². The van der Waals surface area contributed by atoms with Crippen molar-refractivity contribution in [3.05, 3.63) is 114 Å². The SMILES string of the molecule is Cc1c(NS(C)(=O)=O)cccc1N(Cc1ccccc1)Cc1ccc(Oc2ccc(OCC3CC(O)CC(=O)O3)cc2)cc1. The van der Waals surface area contributed by atoms with E-state index in [1.54, 1.807) is 30.3 Å². The van der Waals surface area contributed by atoms with Gasteiger partial charge in [0.2, 0.25) is 10.0 Å². The third-order valence-electron chi connectivity index (χ3n) is 7.18. The van der Waals surface area contributed by atoms with Crippen molar-refractivity contribution in [2.45, 2.75) is 45.1 Å². The number of aliphatic hydroxyl groups excluding tert-OH is 1. The third kappa shape index (κ3) is 8.75. The lowest BCUT2D eigenvalue weighted by atomic mass is 10.1. The molecule has 1 aliphatic rings. The van der Waals surface area contributed by atoms with Crippen LogP contribution in [0.1, 0.15) is 29.5 Å². The van der Waals surface area contributed by atoms with Gasteiger partial charge in [-0.3, -0.25) is 9.52 Å². The minimum absolute atomic E-state index is 0.0218. The van der Waals surface area contributed by atoms with Crippen molar-refractivity contribution in [2.24, 2.45) is 0 Å². The van der Waals surface area contributed by atoms with Gasteiger partial charge in [-0.15, -0.1) is 0 Å². The summed E-state index contributed by atoms with van der Waals surface area (Å²) < 4.78 is 43.5. The molecule has 1 fully saturated rings. The van der Waals surface area contributed by atoms with Crippen LogP contribution >= 0.6 is 0 Å². The van der Waals surface area contributed by atoms with Crippen molar-refractivity contribution in [3.63, 3.8) is 0 Å². The molecule has 2 unspecified atom stereocenters. The molecule has 0 spiro atoms. The monoisotopic (exact) mass is 616 g/mol. The lowest BCUT2D eigenvalue weighted by Gasteiger charge is -2.28. The molecule has 9 nitrogen and oxygen atoms in total. The standard InChI is InChI=1S/C34H36N2O7S/c1-24-32(35-44(2,39)40)9-6-10-33(24)36(21-25-7-4-3-5-8-25)22-26-11-13-29(14-12-26)42-30-17-15-28(16-18-30)41-23-31-19-27(37)20-34(38)43-31/h3-18,27,31,35,37H,19-23H2,1-2H3. The molecule has 1 aliphatic heterocycles. The van der Waals surface area contributed by atoms with Crippen LogP contribution in [0.5, 0.6) is 17.2 Å². The number of anilines is 2. The summed E-state index contributed by atoms with van der Waals surface area (Å²) in [7, 11) is -3.42. The molecule has 4 aromatic rings. The number of sulfonamides is 1. The van der Waals surface area contributed by atoms with Crippen LogP contribution in [0.3, 0.4) is 0 Å². The van der Waals surface area contributed by atoms with Gasteiger partial charge >= 0.3 is 5.97 Å². The van der Waals surface area contributed by atoms with Crippen LogP contribution in [-0.4, -0.2) is 44.6 Å². The molecule has 0 aliphatic carbocycles. The number of nitrogens with one attached hydrogen (secondary N) is 1. The Bertz CT molecular complexity index is 1660. The Labute approximate surface area is 258 Å². The van der Waals surface area contributed by atoms with E-state index in [0.717, 1.165) is 28.6 Å². The van der Waals surface area contributed by atoms with Crippen LogP contribution in [0.15, 0.2) is 97.1 Å². The summed E-state index contributed by atoms with van der Waals surface area (Å²) in [5, 5.41) is 9.75. The first kappa shape index (κ1) is 30.9. The highest BCUT2D eigenvalue weighted by atomic mass is 32.2. The molecule has 0 radical (unpaired) electrons. The van der Waals surface area contributed by atoms with Crippen molar-refractivity contribution >= 4 is 27.4 Å². The first-order valence-corrected chi connectivity index (χ1v) is 16.2. The first-order chi connectivity index (χ1) is 21.1. The van der Waals surface area contributed by atoms with Gasteiger partial charge < -0.3 is 24.2 Å². The zero-order valence-corrected chi connectivity index (χ0v) is 25.5. The molecular weight excluding hydrogens is 580 g/mol. The number of ether oxygens (including phenoxy) is 3. The van der Waals surface area contributed by atoms with Crippen molar-refractivity contribution in [3.8, 4) is 17.2 Å². The fourth-order valence-corrected chi connectivity index (χ4v) is 5.70. The molecule has 1 saturated heterocycles. The van der Waals surface area contributed by atoms with E-state index in [1.165, 1.54) is 0 Å². The van der Waals surface area contributed by atoms with Crippen LogP contribution < -0.4 is 19.1 Å². The number of esters is 1. The number of hydrogen-bond donors (Lipinski definition) is 2. The predicted molar refractivity (Wildman–Crippen MR) is 170 cm³/mol. The molecule has 0 saturated carbocycles. The minimum atomic E-state index is -3.42. The molecule has 0 amide bonds. The maximum atomic E-state index is 11.9. The van der Waals surface area contributed by atoms with Gasteiger partial charge in [0, 0.05) is 25.2 Å². The molecular formula is C34H36N2O7S. The molecule has 4 aromatic carbocycles. The largest absolute Gasteiger partial charge is 0.490 e. The highest BCUT2D eigenvalue weighted by Crippen LogP contribution is 2.31. The van der Waals surface area contributed by atoms with Gasteiger partial charge in [-0.1, -0.05) is 48.5 Å². The Kier molecular flexibility index (Phi) is 9.72. The third-order valence-corrected chi connectivity index (χ3v) is 7.78. The van der Waals surface area contributed by atoms with Crippen LogP contribution in [0.2, 0.25) is 0 Å². The van der Waals surface area contributed by atoms with Crippen LogP contribution in [0.25, 0.3) is 0 Å². The first-order valence-electron chi connectivity index (χ1n) is 14.3. The molecule has 44 heavy (non-hydrogen) atoms. The highest BCUT2D eigenvalue weighted by molar-refractivity contribution is 7.92. The number of carbonyl (C=O) groups excluding carboxylic acids is 1. The zero-order valence-electron chi connectivity index (χ0n) is 24.7. The summed E-state index contributed by atoms with van der Waals surface area (Å²) >= 11 is 0. The van der Waals surface area contributed by atoms with Gasteiger partial charge in [0.05, 0.1) is 24.5 Å². The predicted octanol–water partition coefficient (Wildman–Crippen LogP) is 5.81. The average molecular weight is 617 g/mol. The number of hydrogen-bond acceptors (Lipinski definition) is 8. The molecule has 5 rings (SSSR count). The van der Waals surface area contributed by atoms with Crippen LogP contribution in [0.4, 0.5) is 11.4 Å². The summed E-state index contributed by atoms with van der Waals surface area (Å²) in [5.74, 6) is 1.51. The second-order valence-corrected chi connectivity index (χ2v) is 12.6. The molecule has 0 aromatic heterocycles. The summed E-state index contributed by atoms with van der Waals surface area (Å²) in [6, 6.07) is 30.8. The van der Waals surface area contributed by atoms with E-state index in [-0.39, 0.29) is 13.0 Å². The maximum Gasteiger partial charge on any atom is 0.308 e. The number of benzene rings is 4. The Morgan fingerprint density at radius 2 is 1.48 bits per heavy atom. The highest BCUT2D eigenvalue weighted by Gasteiger charge is 2.27. The van der Waals surface area contributed by atoms with Crippen molar-refractivity contribution < 1.29 is 32.5 Å². The number of rotatable bonds is 12. The molecule has 230 valence electrons. The quantitative estimate of drug-likeness (QED) is 0.192. The van der Waals surface area contributed by atoms with Gasteiger partial charge in [-0.25, -0.2) is 8.42 Å². The topological polar surface area (TPSA) is 114 Å². The maximum absolute atomic E-state index is 11.9. The number of nitrogens with zero attached hydrogens (tertiary/aromatic N) is 1.